The molecule has 0 fully saturated rings. The molecule has 0 saturated heterocycles. The number of carbonyl (C=O) groups is 3. The monoisotopic (exact) mass is 351 g/mol. The van der Waals surface area contributed by atoms with Gasteiger partial charge >= 0.3 is 5.97 Å². The van der Waals surface area contributed by atoms with Gasteiger partial charge in [-0.1, -0.05) is 0 Å². The highest BCUT2D eigenvalue weighted by molar-refractivity contribution is 6.02. The van der Waals surface area contributed by atoms with Crippen LogP contribution in [0.2, 0.25) is 0 Å². The molecule has 1 aromatic carbocycles. The zero-order chi connectivity index (χ0) is 18.7. The Morgan fingerprint density at radius 1 is 1.44 bits per heavy atom. The fraction of sp³-hybridized carbons (Fsp3) is 0.400. The highest BCUT2D eigenvalue weighted by Crippen LogP contribution is 2.35. The molecular formula is C15H17N3O7. The number of hydrogen-bond donors (Lipinski definition) is 2. The maximum Gasteiger partial charge on any atom is 0.308 e. The van der Waals surface area contributed by atoms with Crippen molar-refractivity contribution >= 4 is 29.2 Å². The molecule has 1 aromatic rings. The van der Waals surface area contributed by atoms with Gasteiger partial charge in [0.15, 0.2) is 6.61 Å². The molecule has 0 aromatic heterocycles. The number of nitro benzene ring substituents is 1. The number of benzene rings is 1. The fourth-order valence-electron chi connectivity index (χ4n) is 2.26. The van der Waals surface area contributed by atoms with Crippen molar-refractivity contribution in [1.29, 1.82) is 0 Å². The molecule has 0 radical (unpaired) electrons. The van der Waals surface area contributed by atoms with Crippen LogP contribution in [0.1, 0.15) is 13.8 Å². The quantitative estimate of drug-likeness (QED) is 0.563. The summed E-state index contributed by atoms with van der Waals surface area (Å²) in [6, 6.07) is 3.11. The lowest BCUT2D eigenvalue weighted by Gasteiger charge is -2.29. The van der Waals surface area contributed by atoms with Gasteiger partial charge in [0.1, 0.15) is 12.3 Å². The molecule has 1 aliphatic heterocycles. The van der Waals surface area contributed by atoms with Crippen molar-refractivity contribution in [3.63, 3.8) is 0 Å². The summed E-state index contributed by atoms with van der Waals surface area (Å²) in [6.07, 6.45) is 0. The van der Waals surface area contributed by atoms with Crippen molar-refractivity contribution in [1.82, 2.24) is 5.32 Å². The summed E-state index contributed by atoms with van der Waals surface area (Å²) in [7, 11) is 0. The van der Waals surface area contributed by atoms with Gasteiger partial charge in [0.2, 0.25) is 5.91 Å². The second-order valence-corrected chi connectivity index (χ2v) is 5.66. The predicted molar refractivity (Wildman–Crippen MR) is 85.3 cm³/mol. The number of carboxylic acids is 1. The molecule has 0 bridgehead atoms. The zero-order valence-electron chi connectivity index (χ0n) is 13.6. The van der Waals surface area contributed by atoms with E-state index in [1.165, 1.54) is 26.0 Å². The summed E-state index contributed by atoms with van der Waals surface area (Å²) in [5.74, 6) is -2.71. The summed E-state index contributed by atoms with van der Waals surface area (Å²) in [5.41, 5.74) is -0.116. The van der Waals surface area contributed by atoms with Gasteiger partial charge in [0, 0.05) is 18.2 Å². The number of rotatable bonds is 6. The molecule has 1 aliphatic rings. The molecule has 2 N–H and O–H groups in total. The van der Waals surface area contributed by atoms with E-state index in [0.717, 1.165) is 11.0 Å². The van der Waals surface area contributed by atoms with E-state index in [2.05, 4.69) is 5.32 Å². The van der Waals surface area contributed by atoms with Gasteiger partial charge in [0.25, 0.3) is 11.6 Å². The van der Waals surface area contributed by atoms with Crippen LogP contribution in [0.4, 0.5) is 11.4 Å². The van der Waals surface area contributed by atoms with Crippen LogP contribution in [0.15, 0.2) is 18.2 Å². The molecule has 0 spiro atoms. The number of nitrogens with zero attached hydrogens (tertiary/aromatic N) is 2. The summed E-state index contributed by atoms with van der Waals surface area (Å²) < 4.78 is 5.21. The van der Waals surface area contributed by atoms with Gasteiger partial charge in [0.05, 0.1) is 16.5 Å². The van der Waals surface area contributed by atoms with Crippen molar-refractivity contribution in [3.05, 3.63) is 28.3 Å². The third-order valence-corrected chi connectivity index (χ3v) is 3.93. The van der Waals surface area contributed by atoms with Crippen molar-refractivity contribution in [2.24, 2.45) is 5.92 Å². The number of aliphatic carboxylic acids is 1. The standard InChI is InChI=1S/C15H17N3O7/c1-8(15(21)22)9(2)16-13(19)6-17-11-5-10(18(23)24)3-4-12(11)25-7-14(17)20/h3-5,8-9H,6-7H2,1-2H3,(H,16,19)(H,21,22). The Balaban J connectivity index is 2.18. The van der Waals surface area contributed by atoms with Gasteiger partial charge in [-0.05, 0) is 19.9 Å². The van der Waals surface area contributed by atoms with Crippen molar-refractivity contribution in [2.45, 2.75) is 19.9 Å². The Labute approximate surface area is 142 Å². The largest absolute Gasteiger partial charge is 0.482 e. The molecule has 2 amide bonds. The summed E-state index contributed by atoms with van der Waals surface area (Å²) in [4.78, 5) is 46.5. The van der Waals surface area contributed by atoms with Gasteiger partial charge in [-0.25, -0.2) is 0 Å². The third-order valence-electron chi connectivity index (χ3n) is 3.93. The SMILES string of the molecule is CC(NC(=O)CN1C(=O)COc2ccc([N+](=O)[O-])cc21)C(C)C(=O)O. The van der Waals surface area contributed by atoms with Gasteiger partial charge in [-0.2, -0.15) is 0 Å². The number of amides is 2. The smallest absolute Gasteiger partial charge is 0.308 e. The van der Waals surface area contributed by atoms with Crippen LogP contribution in [0.25, 0.3) is 0 Å². The molecule has 10 nitrogen and oxygen atoms in total. The summed E-state index contributed by atoms with van der Waals surface area (Å²) in [6.45, 7) is 2.30. The van der Waals surface area contributed by atoms with Crippen LogP contribution in [0.5, 0.6) is 5.75 Å². The van der Waals surface area contributed by atoms with E-state index in [1.54, 1.807) is 0 Å². The number of nitro groups is 1. The number of anilines is 1. The molecule has 2 atom stereocenters. The minimum absolute atomic E-state index is 0.125. The maximum absolute atomic E-state index is 12.2. The van der Waals surface area contributed by atoms with E-state index in [0.29, 0.717) is 0 Å². The van der Waals surface area contributed by atoms with E-state index < -0.39 is 41.2 Å². The highest BCUT2D eigenvalue weighted by atomic mass is 16.6. The maximum atomic E-state index is 12.2. The number of carbonyl (C=O) groups excluding carboxylic acids is 2. The van der Waals surface area contributed by atoms with Crippen LogP contribution < -0.4 is 15.0 Å². The number of nitrogens with one attached hydrogen (secondary N) is 1. The summed E-state index contributed by atoms with van der Waals surface area (Å²) >= 11 is 0. The second-order valence-electron chi connectivity index (χ2n) is 5.66. The molecule has 10 heteroatoms. The van der Waals surface area contributed by atoms with Crippen LogP contribution in [0.3, 0.4) is 0 Å². The lowest BCUT2D eigenvalue weighted by molar-refractivity contribution is -0.384. The predicted octanol–water partition coefficient (Wildman–Crippen LogP) is 0.546. The Bertz CT molecular complexity index is 734. The first-order chi connectivity index (χ1) is 11.7. The molecule has 134 valence electrons. The van der Waals surface area contributed by atoms with Crippen molar-refractivity contribution < 1.29 is 29.2 Å². The topological polar surface area (TPSA) is 139 Å². The minimum atomic E-state index is -1.06. The number of ether oxygens (including phenoxy) is 1. The number of non-ortho nitro benzene ring substituents is 1. The molecule has 1 heterocycles. The average Bonchev–Trinajstić information content (AvgIpc) is 2.55. The minimum Gasteiger partial charge on any atom is -0.482 e. The first-order valence-electron chi connectivity index (χ1n) is 7.44. The molecular weight excluding hydrogens is 334 g/mol. The van der Waals surface area contributed by atoms with E-state index in [4.69, 9.17) is 9.84 Å². The molecule has 0 saturated carbocycles. The lowest BCUT2D eigenvalue weighted by Crippen LogP contribution is -2.48. The zero-order valence-corrected chi connectivity index (χ0v) is 13.6. The van der Waals surface area contributed by atoms with Crippen LogP contribution >= 0.6 is 0 Å². The van der Waals surface area contributed by atoms with Crippen LogP contribution in [-0.2, 0) is 14.4 Å². The molecule has 25 heavy (non-hydrogen) atoms. The van der Waals surface area contributed by atoms with Crippen molar-refractivity contribution in [2.75, 3.05) is 18.1 Å². The average molecular weight is 351 g/mol. The molecule has 2 rings (SSSR count). The first-order valence-corrected chi connectivity index (χ1v) is 7.44. The van der Waals surface area contributed by atoms with E-state index in [-0.39, 0.29) is 23.7 Å². The Kier molecular flexibility index (Phi) is 5.20. The van der Waals surface area contributed by atoms with E-state index in [9.17, 15) is 24.5 Å². The van der Waals surface area contributed by atoms with E-state index in [1.807, 2.05) is 0 Å². The number of fused-ring (bicyclic) bond motifs is 1. The second kappa shape index (κ2) is 7.16. The number of hydrogen-bond acceptors (Lipinski definition) is 6. The van der Waals surface area contributed by atoms with E-state index >= 15 is 0 Å². The van der Waals surface area contributed by atoms with Gasteiger partial charge in [-0.15, -0.1) is 0 Å². The van der Waals surface area contributed by atoms with Crippen LogP contribution in [0, 0.1) is 16.0 Å². The lowest BCUT2D eigenvalue weighted by atomic mass is 10.0. The first kappa shape index (κ1) is 18.2. The third kappa shape index (κ3) is 4.03. The number of carboxylic acid groups (broad SMARTS) is 1. The normalized spacial score (nSPS) is 15.6. The van der Waals surface area contributed by atoms with Crippen LogP contribution in [-0.4, -0.2) is 47.0 Å². The van der Waals surface area contributed by atoms with Gasteiger partial charge < -0.3 is 15.2 Å². The Hall–Kier alpha value is -3.17. The Morgan fingerprint density at radius 3 is 2.72 bits per heavy atom. The Morgan fingerprint density at radius 2 is 2.12 bits per heavy atom. The fourth-order valence-corrected chi connectivity index (χ4v) is 2.26. The summed E-state index contributed by atoms with van der Waals surface area (Å²) in [5, 5.41) is 22.4. The van der Waals surface area contributed by atoms with Crippen molar-refractivity contribution in [3.8, 4) is 5.75 Å². The van der Waals surface area contributed by atoms with Gasteiger partial charge in [-0.3, -0.25) is 29.4 Å². The molecule has 2 unspecified atom stereocenters. The molecule has 0 aliphatic carbocycles. The highest BCUT2D eigenvalue weighted by Gasteiger charge is 2.30.